The molecule has 0 radical (unpaired) electrons. The van der Waals surface area contributed by atoms with Crippen LogP contribution in [0.15, 0.2) is 6.20 Å². The molecule has 0 saturated carbocycles. The lowest BCUT2D eigenvalue weighted by Gasteiger charge is -2.09. The summed E-state index contributed by atoms with van der Waals surface area (Å²) in [6.45, 7) is 4.07. The van der Waals surface area contributed by atoms with E-state index in [1.807, 2.05) is 24.7 Å². The van der Waals surface area contributed by atoms with E-state index in [2.05, 4.69) is 5.10 Å². The first-order valence-electron chi connectivity index (χ1n) is 4.75. The Labute approximate surface area is 83.8 Å². The average Bonchev–Trinajstić information content (AvgIpc) is 2.45. The zero-order chi connectivity index (χ0) is 10.3. The van der Waals surface area contributed by atoms with E-state index in [-0.39, 0.29) is 11.5 Å². The first-order chi connectivity index (χ1) is 6.48. The van der Waals surface area contributed by atoms with Crippen LogP contribution in [-0.2, 0) is 22.0 Å². The highest BCUT2D eigenvalue weighted by Gasteiger charge is 2.24. The van der Waals surface area contributed by atoms with Gasteiger partial charge in [0.15, 0.2) is 9.84 Å². The second kappa shape index (κ2) is 3.08. The molecule has 2 heterocycles. The van der Waals surface area contributed by atoms with Gasteiger partial charge in [-0.15, -0.1) is 0 Å². The number of aryl methyl sites for hydroxylation is 1. The van der Waals surface area contributed by atoms with Crippen LogP contribution >= 0.6 is 0 Å². The maximum Gasteiger partial charge on any atom is 0.154 e. The van der Waals surface area contributed by atoms with Crippen molar-refractivity contribution in [2.24, 2.45) is 0 Å². The second-order valence-electron chi connectivity index (χ2n) is 4.02. The molecule has 4 nitrogen and oxygen atoms in total. The first kappa shape index (κ1) is 9.71. The van der Waals surface area contributed by atoms with Gasteiger partial charge in [0.25, 0.3) is 0 Å². The van der Waals surface area contributed by atoms with Crippen LogP contribution in [0.25, 0.3) is 0 Å². The van der Waals surface area contributed by atoms with Crippen LogP contribution in [0.2, 0.25) is 0 Å². The predicted molar refractivity (Wildman–Crippen MR) is 53.8 cm³/mol. The lowest BCUT2D eigenvalue weighted by Crippen LogP contribution is -2.17. The lowest BCUT2D eigenvalue weighted by atomic mass is 10.2. The molecule has 0 spiro atoms. The van der Waals surface area contributed by atoms with Crippen LogP contribution in [0.3, 0.4) is 0 Å². The van der Waals surface area contributed by atoms with Crippen molar-refractivity contribution in [2.45, 2.75) is 32.1 Å². The van der Waals surface area contributed by atoms with Gasteiger partial charge in [0.2, 0.25) is 0 Å². The smallest absolute Gasteiger partial charge is 0.154 e. The Morgan fingerprint density at radius 3 is 2.86 bits per heavy atom. The van der Waals surface area contributed by atoms with Crippen molar-refractivity contribution in [3.8, 4) is 0 Å². The Balaban J connectivity index is 2.39. The fourth-order valence-electron chi connectivity index (χ4n) is 1.62. The van der Waals surface area contributed by atoms with Crippen LogP contribution < -0.4 is 0 Å². The Morgan fingerprint density at radius 1 is 1.50 bits per heavy atom. The van der Waals surface area contributed by atoms with Crippen molar-refractivity contribution in [1.82, 2.24) is 9.78 Å². The van der Waals surface area contributed by atoms with Crippen LogP contribution in [0, 0.1) is 0 Å². The molecule has 0 bridgehead atoms. The van der Waals surface area contributed by atoms with Gasteiger partial charge in [-0.25, -0.2) is 8.42 Å². The number of aromatic nitrogens is 2. The van der Waals surface area contributed by atoms with E-state index in [1.54, 1.807) is 0 Å². The van der Waals surface area contributed by atoms with E-state index in [9.17, 15) is 8.42 Å². The summed E-state index contributed by atoms with van der Waals surface area (Å²) in [5, 5.41) is 4.37. The molecule has 78 valence electrons. The molecule has 1 aliphatic rings. The van der Waals surface area contributed by atoms with Crippen molar-refractivity contribution in [1.29, 1.82) is 0 Å². The Bertz CT molecular complexity index is 445. The normalized spacial score (nSPS) is 19.6. The summed E-state index contributed by atoms with van der Waals surface area (Å²) in [6.07, 6.45) is 2.42. The van der Waals surface area contributed by atoms with Crippen molar-refractivity contribution < 1.29 is 8.42 Å². The first-order valence-corrected chi connectivity index (χ1v) is 6.57. The summed E-state index contributed by atoms with van der Waals surface area (Å²) in [4.78, 5) is 0. The van der Waals surface area contributed by atoms with Crippen LogP contribution in [0.1, 0.15) is 31.1 Å². The minimum Gasteiger partial charge on any atom is -0.270 e. The molecule has 14 heavy (non-hydrogen) atoms. The zero-order valence-corrected chi connectivity index (χ0v) is 9.21. The molecule has 0 saturated heterocycles. The fraction of sp³-hybridized carbons (Fsp3) is 0.667. The standard InChI is InChI=1S/C9H14N2O2S/c1-7(2)11-5-8-6-14(12,13)4-3-9(8)10-11/h5,7H,3-4,6H2,1-2H3. The monoisotopic (exact) mass is 214 g/mol. The quantitative estimate of drug-likeness (QED) is 0.699. The van der Waals surface area contributed by atoms with E-state index >= 15 is 0 Å². The number of hydrogen-bond acceptors (Lipinski definition) is 3. The molecule has 5 heteroatoms. The van der Waals surface area contributed by atoms with Gasteiger partial charge < -0.3 is 0 Å². The molecule has 1 aliphatic heterocycles. The lowest BCUT2D eigenvalue weighted by molar-refractivity contribution is 0.527. The minimum atomic E-state index is -2.86. The van der Waals surface area contributed by atoms with Gasteiger partial charge >= 0.3 is 0 Å². The van der Waals surface area contributed by atoms with Gasteiger partial charge in [0.05, 0.1) is 17.2 Å². The SMILES string of the molecule is CC(C)n1cc2c(n1)CCS(=O)(=O)C2. The van der Waals surface area contributed by atoms with Crippen LogP contribution in [0.4, 0.5) is 0 Å². The summed E-state index contributed by atoms with van der Waals surface area (Å²) in [7, 11) is -2.86. The highest BCUT2D eigenvalue weighted by molar-refractivity contribution is 7.90. The molecular weight excluding hydrogens is 200 g/mol. The molecule has 1 aromatic heterocycles. The van der Waals surface area contributed by atoms with Crippen LogP contribution in [0.5, 0.6) is 0 Å². The predicted octanol–water partition coefficient (Wildman–Crippen LogP) is 0.935. The topological polar surface area (TPSA) is 52.0 Å². The van der Waals surface area contributed by atoms with Crippen molar-refractivity contribution in [2.75, 3.05) is 5.75 Å². The number of fused-ring (bicyclic) bond motifs is 1. The maximum atomic E-state index is 11.4. The molecule has 0 amide bonds. The molecule has 0 atom stereocenters. The van der Waals surface area contributed by atoms with Gasteiger partial charge in [-0.3, -0.25) is 4.68 Å². The third-order valence-corrected chi connectivity index (χ3v) is 4.03. The largest absolute Gasteiger partial charge is 0.270 e. The average molecular weight is 214 g/mol. The molecule has 0 aliphatic carbocycles. The Kier molecular flexibility index (Phi) is 2.14. The van der Waals surface area contributed by atoms with E-state index in [0.29, 0.717) is 12.5 Å². The van der Waals surface area contributed by atoms with Crippen molar-refractivity contribution >= 4 is 9.84 Å². The highest BCUT2D eigenvalue weighted by Crippen LogP contribution is 2.20. The number of rotatable bonds is 1. The van der Waals surface area contributed by atoms with Gasteiger partial charge in [-0.2, -0.15) is 5.10 Å². The van der Waals surface area contributed by atoms with Crippen LogP contribution in [-0.4, -0.2) is 24.0 Å². The Hall–Kier alpha value is -0.840. The summed E-state index contributed by atoms with van der Waals surface area (Å²) >= 11 is 0. The molecular formula is C9H14N2O2S. The molecule has 0 aromatic carbocycles. The summed E-state index contributed by atoms with van der Waals surface area (Å²) in [5.41, 5.74) is 1.83. The van der Waals surface area contributed by atoms with Crippen molar-refractivity contribution in [3.05, 3.63) is 17.5 Å². The van der Waals surface area contributed by atoms with Gasteiger partial charge in [0.1, 0.15) is 0 Å². The van der Waals surface area contributed by atoms with E-state index in [4.69, 9.17) is 0 Å². The summed E-state index contributed by atoms with van der Waals surface area (Å²) in [5.74, 6) is 0.407. The molecule has 1 aromatic rings. The minimum absolute atomic E-state index is 0.162. The molecule has 0 unspecified atom stereocenters. The van der Waals surface area contributed by atoms with Gasteiger partial charge in [-0.05, 0) is 13.8 Å². The second-order valence-corrected chi connectivity index (χ2v) is 6.20. The molecule has 0 fully saturated rings. The third kappa shape index (κ3) is 1.68. The number of hydrogen-bond donors (Lipinski definition) is 0. The fourth-order valence-corrected chi connectivity index (χ4v) is 2.99. The Morgan fingerprint density at radius 2 is 2.21 bits per heavy atom. The van der Waals surface area contributed by atoms with Gasteiger partial charge in [0, 0.05) is 24.2 Å². The van der Waals surface area contributed by atoms with Gasteiger partial charge in [-0.1, -0.05) is 0 Å². The molecule has 0 N–H and O–H groups in total. The van der Waals surface area contributed by atoms with E-state index in [0.717, 1.165) is 11.3 Å². The third-order valence-electron chi connectivity index (χ3n) is 2.45. The summed E-state index contributed by atoms with van der Waals surface area (Å²) in [6, 6.07) is 0.295. The summed E-state index contributed by atoms with van der Waals surface area (Å²) < 4.78 is 24.5. The number of nitrogens with zero attached hydrogens (tertiary/aromatic N) is 2. The maximum absolute atomic E-state index is 11.4. The van der Waals surface area contributed by atoms with E-state index < -0.39 is 9.84 Å². The van der Waals surface area contributed by atoms with Crippen molar-refractivity contribution in [3.63, 3.8) is 0 Å². The van der Waals surface area contributed by atoms with E-state index in [1.165, 1.54) is 0 Å². The molecule has 2 rings (SSSR count). The number of sulfone groups is 1. The zero-order valence-electron chi connectivity index (χ0n) is 8.40. The highest BCUT2D eigenvalue weighted by atomic mass is 32.2.